The van der Waals surface area contributed by atoms with Crippen LogP contribution in [-0.4, -0.2) is 33.9 Å². The molecule has 2 aromatic heterocycles. The molecule has 0 bridgehead atoms. The number of carbonyl (C=O) groups excluding carboxylic acids is 1. The van der Waals surface area contributed by atoms with E-state index in [1.54, 1.807) is 24.5 Å². The SMILES string of the molecule is CC(=O)c1cccc(S(=O)(=O)Nc2cc(-n3cccn3)ncn2)c1. The summed E-state index contributed by atoms with van der Waals surface area (Å²) in [4.78, 5) is 19.3. The van der Waals surface area contributed by atoms with Crippen molar-refractivity contribution in [1.82, 2.24) is 19.7 Å². The third-order valence-electron chi connectivity index (χ3n) is 3.18. The number of rotatable bonds is 5. The molecular formula is C15H13N5O3S. The van der Waals surface area contributed by atoms with Crippen LogP contribution in [0.25, 0.3) is 5.82 Å². The van der Waals surface area contributed by atoms with Crippen LogP contribution in [0.1, 0.15) is 17.3 Å². The smallest absolute Gasteiger partial charge is 0.263 e. The summed E-state index contributed by atoms with van der Waals surface area (Å²) in [6, 6.07) is 8.98. The van der Waals surface area contributed by atoms with Gasteiger partial charge in [0.15, 0.2) is 11.6 Å². The summed E-state index contributed by atoms with van der Waals surface area (Å²) in [6.07, 6.45) is 4.50. The Balaban J connectivity index is 1.91. The van der Waals surface area contributed by atoms with Crippen LogP contribution in [0.5, 0.6) is 0 Å². The van der Waals surface area contributed by atoms with E-state index in [-0.39, 0.29) is 16.5 Å². The molecule has 0 aliphatic rings. The largest absolute Gasteiger partial charge is 0.295 e. The van der Waals surface area contributed by atoms with Gasteiger partial charge in [-0.2, -0.15) is 5.10 Å². The Morgan fingerprint density at radius 2 is 2.00 bits per heavy atom. The molecule has 0 atom stereocenters. The minimum Gasteiger partial charge on any atom is -0.295 e. The van der Waals surface area contributed by atoms with Crippen LogP contribution in [-0.2, 0) is 10.0 Å². The van der Waals surface area contributed by atoms with Gasteiger partial charge in [-0.25, -0.2) is 23.1 Å². The maximum absolute atomic E-state index is 12.5. The summed E-state index contributed by atoms with van der Waals surface area (Å²) < 4.78 is 28.8. The summed E-state index contributed by atoms with van der Waals surface area (Å²) in [7, 11) is -3.88. The van der Waals surface area contributed by atoms with E-state index in [0.717, 1.165) is 0 Å². The van der Waals surface area contributed by atoms with Gasteiger partial charge in [-0.05, 0) is 25.1 Å². The summed E-state index contributed by atoms with van der Waals surface area (Å²) in [5, 5.41) is 4.02. The van der Waals surface area contributed by atoms with Crippen LogP contribution < -0.4 is 4.72 Å². The summed E-state index contributed by atoms with van der Waals surface area (Å²) >= 11 is 0. The molecule has 0 saturated carbocycles. The van der Waals surface area contributed by atoms with E-state index >= 15 is 0 Å². The standard InChI is InChI=1S/C15H13N5O3S/c1-11(21)12-4-2-5-13(8-12)24(22,23)19-14-9-15(17-10-16-14)20-7-3-6-18-20/h2-10H,1H3,(H,16,17,19). The zero-order valence-corrected chi connectivity index (χ0v) is 13.4. The Kier molecular flexibility index (Phi) is 4.09. The molecule has 3 rings (SSSR count). The van der Waals surface area contributed by atoms with Gasteiger partial charge in [-0.15, -0.1) is 0 Å². The van der Waals surface area contributed by atoms with Crippen molar-refractivity contribution in [2.75, 3.05) is 4.72 Å². The van der Waals surface area contributed by atoms with E-state index in [1.165, 1.54) is 42.2 Å². The van der Waals surface area contributed by atoms with Crippen LogP contribution in [0.15, 0.2) is 60.0 Å². The number of aromatic nitrogens is 4. The Hall–Kier alpha value is -3.07. The fourth-order valence-electron chi connectivity index (χ4n) is 2.01. The molecule has 0 aliphatic carbocycles. The van der Waals surface area contributed by atoms with Crippen LogP contribution in [0.2, 0.25) is 0 Å². The van der Waals surface area contributed by atoms with Gasteiger partial charge in [0.1, 0.15) is 12.1 Å². The molecule has 122 valence electrons. The zero-order valence-electron chi connectivity index (χ0n) is 12.6. The van der Waals surface area contributed by atoms with Crippen LogP contribution in [0, 0.1) is 0 Å². The van der Waals surface area contributed by atoms with E-state index < -0.39 is 10.0 Å². The normalized spacial score (nSPS) is 11.2. The summed E-state index contributed by atoms with van der Waals surface area (Å²) in [5.41, 5.74) is 0.317. The number of Topliss-reactive ketones (excluding diaryl/α,β-unsaturated/α-hetero) is 1. The van der Waals surface area contributed by atoms with E-state index in [1.807, 2.05) is 0 Å². The molecule has 0 aliphatic heterocycles. The van der Waals surface area contributed by atoms with Crippen LogP contribution >= 0.6 is 0 Å². The first-order valence-electron chi connectivity index (χ1n) is 6.91. The van der Waals surface area contributed by atoms with E-state index in [0.29, 0.717) is 11.4 Å². The average Bonchev–Trinajstić information content (AvgIpc) is 3.09. The first-order chi connectivity index (χ1) is 11.5. The molecule has 9 heteroatoms. The number of hydrogen-bond donors (Lipinski definition) is 1. The molecule has 24 heavy (non-hydrogen) atoms. The highest BCUT2D eigenvalue weighted by molar-refractivity contribution is 7.92. The van der Waals surface area contributed by atoms with Gasteiger partial charge in [-0.1, -0.05) is 12.1 Å². The van der Waals surface area contributed by atoms with E-state index in [2.05, 4.69) is 19.8 Å². The van der Waals surface area contributed by atoms with E-state index in [4.69, 9.17) is 0 Å². The fraction of sp³-hybridized carbons (Fsp3) is 0.0667. The lowest BCUT2D eigenvalue weighted by molar-refractivity contribution is 0.101. The number of ketones is 1. The van der Waals surface area contributed by atoms with Crippen molar-refractivity contribution in [3.8, 4) is 5.82 Å². The predicted molar refractivity (Wildman–Crippen MR) is 86.4 cm³/mol. The Bertz CT molecular complexity index is 984. The van der Waals surface area contributed by atoms with Crippen molar-refractivity contribution >= 4 is 21.6 Å². The monoisotopic (exact) mass is 343 g/mol. The van der Waals surface area contributed by atoms with Gasteiger partial charge in [0.05, 0.1) is 4.90 Å². The van der Waals surface area contributed by atoms with Gasteiger partial charge in [0, 0.05) is 24.0 Å². The second-order valence-corrected chi connectivity index (χ2v) is 6.58. The molecule has 0 fully saturated rings. The lowest BCUT2D eigenvalue weighted by Gasteiger charge is -2.09. The maximum atomic E-state index is 12.5. The highest BCUT2D eigenvalue weighted by atomic mass is 32.2. The van der Waals surface area contributed by atoms with Gasteiger partial charge in [0.25, 0.3) is 10.0 Å². The Labute approximate surface area is 138 Å². The quantitative estimate of drug-likeness (QED) is 0.706. The molecule has 0 unspecified atom stereocenters. The van der Waals surface area contributed by atoms with Crippen molar-refractivity contribution in [3.05, 3.63) is 60.7 Å². The lowest BCUT2D eigenvalue weighted by atomic mass is 10.2. The zero-order chi connectivity index (χ0) is 17.2. The third-order valence-corrected chi connectivity index (χ3v) is 4.53. The van der Waals surface area contributed by atoms with Crippen molar-refractivity contribution in [3.63, 3.8) is 0 Å². The predicted octanol–water partition coefficient (Wildman–Crippen LogP) is 1.67. The number of nitrogens with zero attached hydrogens (tertiary/aromatic N) is 4. The second kappa shape index (κ2) is 6.20. The Morgan fingerprint density at radius 3 is 2.71 bits per heavy atom. The molecule has 2 heterocycles. The molecule has 1 aromatic carbocycles. The second-order valence-electron chi connectivity index (χ2n) is 4.90. The minimum atomic E-state index is -3.88. The molecule has 0 amide bonds. The lowest BCUT2D eigenvalue weighted by Crippen LogP contribution is -2.15. The molecular weight excluding hydrogens is 330 g/mol. The molecule has 8 nitrogen and oxygen atoms in total. The topological polar surface area (TPSA) is 107 Å². The first kappa shape index (κ1) is 15.8. The van der Waals surface area contributed by atoms with Gasteiger partial charge in [0.2, 0.25) is 0 Å². The van der Waals surface area contributed by atoms with Crippen molar-refractivity contribution in [2.24, 2.45) is 0 Å². The number of carbonyl (C=O) groups is 1. The van der Waals surface area contributed by atoms with Gasteiger partial charge >= 0.3 is 0 Å². The molecule has 0 radical (unpaired) electrons. The minimum absolute atomic E-state index is 0.0190. The third kappa shape index (κ3) is 3.30. The number of nitrogens with one attached hydrogen (secondary N) is 1. The summed E-state index contributed by atoms with van der Waals surface area (Å²) in [6.45, 7) is 1.37. The van der Waals surface area contributed by atoms with Crippen LogP contribution in [0.4, 0.5) is 5.82 Å². The Morgan fingerprint density at radius 1 is 1.17 bits per heavy atom. The maximum Gasteiger partial charge on any atom is 0.263 e. The molecule has 3 aromatic rings. The first-order valence-corrected chi connectivity index (χ1v) is 8.40. The highest BCUT2D eigenvalue weighted by Crippen LogP contribution is 2.17. The molecule has 0 spiro atoms. The number of sulfonamides is 1. The van der Waals surface area contributed by atoms with Crippen molar-refractivity contribution < 1.29 is 13.2 Å². The van der Waals surface area contributed by atoms with Gasteiger partial charge < -0.3 is 0 Å². The van der Waals surface area contributed by atoms with Crippen molar-refractivity contribution in [2.45, 2.75) is 11.8 Å². The van der Waals surface area contributed by atoms with E-state index in [9.17, 15) is 13.2 Å². The number of anilines is 1. The van der Waals surface area contributed by atoms with Crippen molar-refractivity contribution in [1.29, 1.82) is 0 Å². The number of hydrogen-bond acceptors (Lipinski definition) is 6. The number of benzene rings is 1. The molecule has 1 N–H and O–H groups in total. The highest BCUT2D eigenvalue weighted by Gasteiger charge is 2.16. The van der Waals surface area contributed by atoms with Gasteiger partial charge in [-0.3, -0.25) is 9.52 Å². The average molecular weight is 343 g/mol. The van der Waals surface area contributed by atoms with Crippen LogP contribution in [0.3, 0.4) is 0 Å². The summed E-state index contributed by atoms with van der Waals surface area (Å²) in [5.74, 6) is 0.309. The molecule has 0 saturated heterocycles. The fourth-order valence-corrected chi connectivity index (χ4v) is 3.06.